The molecule has 0 aliphatic heterocycles. The van der Waals surface area contributed by atoms with Crippen molar-refractivity contribution in [3.05, 3.63) is 23.8 Å². The molecule has 0 bridgehead atoms. The normalized spacial score (nSPS) is 15.2. The smallest absolute Gasteiger partial charge is 0.387 e. The Bertz CT molecular complexity index is 658. The van der Waals surface area contributed by atoms with E-state index in [4.69, 9.17) is 9.47 Å². The number of rotatable bonds is 12. The molecule has 1 aromatic rings. The number of halogens is 3. The number of hydrogen-bond donors (Lipinski definition) is 2. The average Bonchev–Trinajstić information content (AvgIpc) is 2.68. The maximum atomic E-state index is 12.8. The van der Waals surface area contributed by atoms with Crippen LogP contribution in [0.2, 0.25) is 0 Å². The first-order valence-corrected chi connectivity index (χ1v) is 10.2. The Labute approximate surface area is 195 Å². The third-order valence-electron chi connectivity index (χ3n) is 5.28. The van der Waals surface area contributed by atoms with Crippen LogP contribution in [0.1, 0.15) is 44.6 Å². The van der Waals surface area contributed by atoms with Crippen LogP contribution in [0.3, 0.4) is 0 Å². The molecule has 6 nitrogen and oxygen atoms in total. The zero-order chi connectivity index (χ0) is 21.1. The molecule has 9 heteroatoms. The van der Waals surface area contributed by atoms with Gasteiger partial charge >= 0.3 is 6.61 Å². The molecule has 0 unspecified atom stereocenters. The summed E-state index contributed by atoms with van der Waals surface area (Å²) in [6, 6.07) is 4.99. The van der Waals surface area contributed by atoms with Crippen LogP contribution in [-0.2, 0) is 11.3 Å². The fourth-order valence-electron chi connectivity index (χ4n) is 3.38. The van der Waals surface area contributed by atoms with Crippen LogP contribution in [0.4, 0.5) is 8.78 Å². The van der Waals surface area contributed by atoms with Gasteiger partial charge in [-0.25, -0.2) is 0 Å². The number of guanidine groups is 1. The van der Waals surface area contributed by atoms with Crippen molar-refractivity contribution >= 4 is 29.9 Å². The molecule has 2 N–H and O–H groups in total. The lowest BCUT2D eigenvalue weighted by atomic mass is 9.67. The molecule has 0 heterocycles. The van der Waals surface area contributed by atoms with Crippen LogP contribution in [0.5, 0.6) is 11.5 Å². The summed E-state index contributed by atoms with van der Waals surface area (Å²) in [5, 5.41) is 6.54. The van der Waals surface area contributed by atoms with Gasteiger partial charge in [0, 0.05) is 45.5 Å². The Hall–Kier alpha value is -1.36. The van der Waals surface area contributed by atoms with E-state index in [0.29, 0.717) is 30.4 Å². The number of ether oxygens (including phenoxy) is 3. The summed E-state index contributed by atoms with van der Waals surface area (Å²) in [6.07, 6.45) is 5.43. The van der Waals surface area contributed by atoms with Crippen molar-refractivity contribution < 1.29 is 23.0 Å². The second-order valence-corrected chi connectivity index (χ2v) is 7.37. The highest BCUT2D eigenvalue weighted by molar-refractivity contribution is 14.0. The zero-order valence-electron chi connectivity index (χ0n) is 18.0. The van der Waals surface area contributed by atoms with E-state index in [-0.39, 0.29) is 35.1 Å². The molecule has 0 amide bonds. The summed E-state index contributed by atoms with van der Waals surface area (Å²) < 4.78 is 41.1. The molecule has 1 aliphatic rings. The van der Waals surface area contributed by atoms with Gasteiger partial charge in [-0.1, -0.05) is 13.3 Å². The van der Waals surface area contributed by atoms with E-state index in [9.17, 15) is 8.78 Å². The molecule has 1 saturated carbocycles. The Kier molecular flexibility index (Phi) is 12.3. The van der Waals surface area contributed by atoms with Gasteiger partial charge in [-0.05, 0) is 43.2 Å². The lowest BCUT2D eigenvalue weighted by molar-refractivity contribution is -0.0505. The minimum Gasteiger partial charge on any atom is -0.493 e. The summed E-state index contributed by atoms with van der Waals surface area (Å²) in [5.41, 5.74) is 0.852. The third kappa shape index (κ3) is 8.41. The Morgan fingerprint density at radius 3 is 2.57 bits per heavy atom. The monoisotopic (exact) mass is 541 g/mol. The van der Waals surface area contributed by atoms with E-state index < -0.39 is 6.61 Å². The maximum Gasteiger partial charge on any atom is 0.387 e. The molecule has 30 heavy (non-hydrogen) atoms. The van der Waals surface area contributed by atoms with Crippen LogP contribution in [0, 0.1) is 5.41 Å². The minimum absolute atomic E-state index is 0. The summed E-state index contributed by atoms with van der Waals surface area (Å²) in [5.74, 6) is 1.24. The van der Waals surface area contributed by atoms with Gasteiger partial charge in [0.2, 0.25) is 0 Å². The van der Waals surface area contributed by atoms with Crippen molar-refractivity contribution in [3.63, 3.8) is 0 Å². The highest BCUT2D eigenvalue weighted by atomic mass is 127. The second kappa shape index (κ2) is 13.8. The number of benzene rings is 1. The van der Waals surface area contributed by atoms with E-state index in [0.717, 1.165) is 26.0 Å². The molecule has 0 saturated heterocycles. The van der Waals surface area contributed by atoms with Crippen LogP contribution in [-0.4, -0.2) is 46.5 Å². The van der Waals surface area contributed by atoms with E-state index in [1.165, 1.54) is 25.3 Å². The summed E-state index contributed by atoms with van der Waals surface area (Å²) in [7, 11) is 3.41. The highest BCUT2D eigenvalue weighted by Gasteiger charge is 2.36. The largest absolute Gasteiger partial charge is 0.493 e. The highest BCUT2D eigenvalue weighted by Crippen LogP contribution is 2.43. The number of hydrogen-bond acceptors (Lipinski definition) is 4. The van der Waals surface area contributed by atoms with E-state index in [2.05, 4.69) is 20.4 Å². The van der Waals surface area contributed by atoms with Gasteiger partial charge in [-0.15, -0.1) is 24.0 Å². The number of methoxy groups -OCH3 is 1. The molecule has 1 aliphatic carbocycles. The fourth-order valence-corrected chi connectivity index (χ4v) is 3.38. The molecule has 2 rings (SSSR count). The lowest BCUT2D eigenvalue weighted by Crippen LogP contribution is -2.46. The summed E-state index contributed by atoms with van der Waals surface area (Å²) in [6.45, 7) is 1.46. The molecule has 0 radical (unpaired) electrons. The first-order chi connectivity index (χ1) is 14.0. The molecule has 1 aromatic carbocycles. The Morgan fingerprint density at radius 1 is 1.23 bits per heavy atom. The number of nitrogens with one attached hydrogen (secondary N) is 2. The molecular weight excluding hydrogens is 507 g/mol. The fraction of sp³-hybridized carbons (Fsp3) is 0.667. The van der Waals surface area contributed by atoms with Crippen molar-refractivity contribution in [2.75, 3.05) is 33.9 Å². The molecule has 172 valence electrons. The van der Waals surface area contributed by atoms with Crippen molar-refractivity contribution in [1.29, 1.82) is 0 Å². The quantitative estimate of drug-likeness (QED) is 0.231. The topological polar surface area (TPSA) is 64.1 Å². The molecule has 0 atom stereocenters. The molecule has 1 fully saturated rings. The SMILES string of the molecule is CCCOc1ccc(CNC(=NC)NCC2(CCOC)CCC2)c(OC(F)F)c1.I. The van der Waals surface area contributed by atoms with Crippen molar-refractivity contribution in [3.8, 4) is 11.5 Å². The number of aliphatic imine (C=N–C) groups is 1. The summed E-state index contributed by atoms with van der Waals surface area (Å²) in [4.78, 5) is 4.24. The second-order valence-electron chi connectivity index (χ2n) is 7.37. The first-order valence-electron chi connectivity index (χ1n) is 10.2. The van der Waals surface area contributed by atoms with Gasteiger partial charge in [0.05, 0.1) is 6.61 Å². The minimum atomic E-state index is -2.90. The lowest BCUT2D eigenvalue weighted by Gasteiger charge is -2.42. The molecular formula is C21H34F2IN3O3. The van der Waals surface area contributed by atoms with E-state index >= 15 is 0 Å². The van der Waals surface area contributed by atoms with Gasteiger partial charge < -0.3 is 24.8 Å². The van der Waals surface area contributed by atoms with E-state index in [1.54, 1.807) is 26.3 Å². The van der Waals surface area contributed by atoms with Gasteiger partial charge in [-0.2, -0.15) is 8.78 Å². The van der Waals surface area contributed by atoms with Crippen molar-refractivity contribution in [2.45, 2.75) is 52.2 Å². The van der Waals surface area contributed by atoms with E-state index in [1.807, 2.05) is 6.92 Å². The van der Waals surface area contributed by atoms with Gasteiger partial charge in [-0.3, -0.25) is 4.99 Å². The third-order valence-corrected chi connectivity index (χ3v) is 5.28. The first kappa shape index (κ1) is 26.7. The van der Waals surface area contributed by atoms with Crippen LogP contribution in [0.25, 0.3) is 0 Å². The predicted octanol–water partition coefficient (Wildman–Crippen LogP) is 4.57. The number of nitrogens with zero attached hydrogens (tertiary/aromatic N) is 1. The average molecular weight is 541 g/mol. The molecule has 0 spiro atoms. The Morgan fingerprint density at radius 2 is 2.00 bits per heavy atom. The van der Waals surface area contributed by atoms with Gasteiger partial charge in [0.15, 0.2) is 5.96 Å². The number of alkyl halides is 2. The van der Waals surface area contributed by atoms with Crippen LogP contribution < -0.4 is 20.1 Å². The van der Waals surface area contributed by atoms with Crippen molar-refractivity contribution in [1.82, 2.24) is 10.6 Å². The summed E-state index contributed by atoms with van der Waals surface area (Å²) >= 11 is 0. The Balaban J connectivity index is 0.00000450. The van der Waals surface area contributed by atoms with Gasteiger partial charge in [0.25, 0.3) is 0 Å². The standard InChI is InChI=1S/C21H33F2N3O3.HI/c1-4-11-28-17-7-6-16(18(13-17)29-19(22)23)14-25-20(24-2)26-15-21(8-5-9-21)10-12-27-3;/h6-7,13,19H,4-5,8-12,14-15H2,1-3H3,(H2,24,25,26);1H. The maximum absolute atomic E-state index is 12.8. The van der Waals surface area contributed by atoms with Crippen LogP contribution in [0.15, 0.2) is 23.2 Å². The van der Waals surface area contributed by atoms with Crippen LogP contribution >= 0.6 is 24.0 Å². The molecule has 0 aromatic heterocycles. The van der Waals surface area contributed by atoms with Gasteiger partial charge in [0.1, 0.15) is 11.5 Å². The predicted molar refractivity (Wildman–Crippen MR) is 125 cm³/mol. The zero-order valence-corrected chi connectivity index (χ0v) is 20.3. The van der Waals surface area contributed by atoms with Crippen molar-refractivity contribution in [2.24, 2.45) is 10.4 Å².